The Morgan fingerprint density at radius 2 is 2.10 bits per heavy atom. The van der Waals surface area contributed by atoms with Crippen molar-refractivity contribution in [2.24, 2.45) is 0 Å². The summed E-state index contributed by atoms with van der Waals surface area (Å²) in [4.78, 5) is 14.8. The van der Waals surface area contributed by atoms with Gasteiger partial charge in [0.05, 0.1) is 18.2 Å². The summed E-state index contributed by atoms with van der Waals surface area (Å²) in [5.74, 6) is -0.0618. The average Bonchev–Trinajstić information content (AvgIpc) is 2.77. The molecule has 0 bridgehead atoms. The van der Waals surface area contributed by atoms with Crippen molar-refractivity contribution in [2.75, 3.05) is 5.32 Å². The van der Waals surface area contributed by atoms with Crippen LogP contribution in [0.25, 0.3) is 0 Å². The van der Waals surface area contributed by atoms with E-state index in [0.717, 1.165) is 11.4 Å². The number of nitrogens with one attached hydrogen (secondary N) is 1. The number of aliphatic carboxylic acids is 1. The van der Waals surface area contributed by atoms with Gasteiger partial charge in [-0.1, -0.05) is 0 Å². The fraction of sp³-hybridized carbons (Fsp3) is 0.286. The summed E-state index contributed by atoms with van der Waals surface area (Å²) in [6.07, 6.45) is 0.0886. The molecule has 0 radical (unpaired) electrons. The van der Waals surface area contributed by atoms with Crippen molar-refractivity contribution < 1.29 is 14.6 Å². The minimum absolute atomic E-state index is 0.0562. The second-order valence-electron chi connectivity index (χ2n) is 4.53. The lowest BCUT2D eigenvalue weighted by atomic mass is 10.3. The lowest BCUT2D eigenvalue weighted by Crippen LogP contribution is -2.05. The minimum atomic E-state index is -0.878. The third kappa shape index (κ3) is 4.24. The van der Waals surface area contributed by atoms with Crippen molar-refractivity contribution in [3.63, 3.8) is 0 Å². The molecule has 6 heteroatoms. The number of aromatic nitrogens is 1. The molecular formula is C14H16N2O3S. The molecule has 0 unspecified atom stereocenters. The fourth-order valence-electron chi connectivity index (χ4n) is 1.61. The molecule has 2 rings (SSSR count). The summed E-state index contributed by atoms with van der Waals surface area (Å²) < 4.78 is 5.56. The predicted octanol–water partition coefficient (Wildman–Crippen LogP) is 3.30. The van der Waals surface area contributed by atoms with Crippen molar-refractivity contribution >= 4 is 28.1 Å². The Labute approximate surface area is 121 Å². The first-order chi connectivity index (χ1) is 9.52. The zero-order valence-corrected chi connectivity index (χ0v) is 12.1. The molecule has 0 spiro atoms. The molecule has 0 saturated heterocycles. The van der Waals surface area contributed by atoms with Crippen LogP contribution in [0.2, 0.25) is 0 Å². The van der Waals surface area contributed by atoms with Crippen LogP contribution >= 0.6 is 11.3 Å². The van der Waals surface area contributed by atoms with Gasteiger partial charge in [0.1, 0.15) is 5.75 Å². The molecule has 0 fully saturated rings. The minimum Gasteiger partial charge on any atom is -0.491 e. The van der Waals surface area contributed by atoms with E-state index in [1.807, 2.05) is 38.1 Å². The van der Waals surface area contributed by atoms with E-state index in [0.29, 0.717) is 10.8 Å². The van der Waals surface area contributed by atoms with E-state index in [-0.39, 0.29) is 12.5 Å². The molecule has 2 aromatic rings. The Morgan fingerprint density at radius 3 is 2.70 bits per heavy atom. The number of carbonyl (C=O) groups is 1. The molecular weight excluding hydrogens is 276 g/mol. The van der Waals surface area contributed by atoms with E-state index in [4.69, 9.17) is 9.84 Å². The van der Waals surface area contributed by atoms with E-state index in [1.54, 1.807) is 5.38 Å². The maximum absolute atomic E-state index is 10.6. The number of carboxylic acid groups (broad SMARTS) is 1. The van der Waals surface area contributed by atoms with Gasteiger partial charge < -0.3 is 15.2 Å². The van der Waals surface area contributed by atoms with Crippen LogP contribution in [0, 0.1) is 0 Å². The van der Waals surface area contributed by atoms with Gasteiger partial charge in [-0.3, -0.25) is 4.79 Å². The van der Waals surface area contributed by atoms with Gasteiger partial charge in [0.15, 0.2) is 5.13 Å². The molecule has 0 atom stereocenters. The van der Waals surface area contributed by atoms with Crippen molar-refractivity contribution in [1.82, 2.24) is 4.98 Å². The number of anilines is 2. The summed E-state index contributed by atoms with van der Waals surface area (Å²) >= 11 is 1.38. The molecule has 0 aliphatic carbocycles. The first kappa shape index (κ1) is 14.3. The molecule has 5 nitrogen and oxygen atoms in total. The Hall–Kier alpha value is -2.08. The third-order valence-corrected chi connectivity index (χ3v) is 3.17. The van der Waals surface area contributed by atoms with Crippen LogP contribution in [-0.2, 0) is 11.2 Å². The highest BCUT2D eigenvalue weighted by Crippen LogP contribution is 2.23. The number of ether oxygens (including phenoxy) is 1. The van der Waals surface area contributed by atoms with Gasteiger partial charge in [0.25, 0.3) is 0 Å². The van der Waals surface area contributed by atoms with Crippen LogP contribution < -0.4 is 10.1 Å². The number of thiazole rings is 1. The van der Waals surface area contributed by atoms with E-state index >= 15 is 0 Å². The van der Waals surface area contributed by atoms with Gasteiger partial charge in [-0.2, -0.15) is 0 Å². The van der Waals surface area contributed by atoms with Crippen molar-refractivity contribution in [3.8, 4) is 5.75 Å². The van der Waals surface area contributed by atoms with Crippen LogP contribution in [0.5, 0.6) is 5.75 Å². The number of nitrogens with zero attached hydrogens (tertiary/aromatic N) is 1. The maximum Gasteiger partial charge on any atom is 0.309 e. The topological polar surface area (TPSA) is 71.5 Å². The van der Waals surface area contributed by atoms with E-state index in [1.165, 1.54) is 11.3 Å². The second kappa shape index (κ2) is 6.38. The van der Waals surface area contributed by atoms with Crippen molar-refractivity contribution in [1.29, 1.82) is 0 Å². The summed E-state index contributed by atoms with van der Waals surface area (Å²) in [7, 11) is 0. The monoisotopic (exact) mass is 292 g/mol. The zero-order valence-electron chi connectivity index (χ0n) is 11.3. The van der Waals surface area contributed by atoms with Crippen LogP contribution in [-0.4, -0.2) is 22.2 Å². The molecule has 0 aliphatic heterocycles. The van der Waals surface area contributed by atoms with Crippen LogP contribution in [0.15, 0.2) is 29.6 Å². The average molecular weight is 292 g/mol. The molecule has 106 valence electrons. The Morgan fingerprint density at radius 1 is 1.40 bits per heavy atom. The molecule has 0 amide bonds. The van der Waals surface area contributed by atoms with E-state index in [9.17, 15) is 4.79 Å². The second-order valence-corrected chi connectivity index (χ2v) is 5.39. The number of benzene rings is 1. The summed E-state index contributed by atoms with van der Waals surface area (Å²) in [6, 6.07) is 7.56. The zero-order chi connectivity index (χ0) is 14.5. The Kier molecular flexibility index (Phi) is 4.57. The smallest absolute Gasteiger partial charge is 0.309 e. The highest BCUT2D eigenvalue weighted by atomic mass is 32.1. The summed E-state index contributed by atoms with van der Waals surface area (Å²) in [5, 5.41) is 14.3. The van der Waals surface area contributed by atoms with Crippen molar-refractivity contribution in [2.45, 2.75) is 26.4 Å². The van der Waals surface area contributed by atoms with Gasteiger partial charge in [-0.15, -0.1) is 11.3 Å². The normalized spacial score (nSPS) is 10.6. The lowest BCUT2D eigenvalue weighted by Gasteiger charge is -2.10. The maximum atomic E-state index is 10.6. The van der Waals surface area contributed by atoms with Gasteiger partial charge in [-0.05, 0) is 38.1 Å². The fourth-order valence-corrected chi connectivity index (χ4v) is 2.34. The third-order valence-electron chi connectivity index (χ3n) is 2.36. The molecule has 0 saturated carbocycles. The van der Waals surface area contributed by atoms with E-state index in [2.05, 4.69) is 10.3 Å². The SMILES string of the molecule is CC(C)Oc1ccc(Nc2nc(CC(=O)O)cs2)cc1. The molecule has 20 heavy (non-hydrogen) atoms. The van der Waals surface area contributed by atoms with E-state index < -0.39 is 5.97 Å². The Balaban J connectivity index is 1.99. The largest absolute Gasteiger partial charge is 0.491 e. The highest BCUT2D eigenvalue weighted by Gasteiger charge is 2.06. The standard InChI is InChI=1S/C14H16N2O3S/c1-9(2)19-12-5-3-10(4-6-12)15-14-16-11(8-20-14)7-13(17)18/h3-6,8-9H,7H2,1-2H3,(H,15,16)(H,17,18). The first-order valence-electron chi connectivity index (χ1n) is 6.23. The summed E-state index contributed by atoms with van der Waals surface area (Å²) in [6.45, 7) is 3.96. The van der Waals surface area contributed by atoms with Crippen LogP contribution in [0.4, 0.5) is 10.8 Å². The van der Waals surface area contributed by atoms with Gasteiger partial charge in [0, 0.05) is 11.1 Å². The van der Waals surface area contributed by atoms with Crippen LogP contribution in [0.3, 0.4) is 0 Å². The Bertz CT molecular complexity index is 578. The molecule has 1 heterocycles. The number of hydrogen-bond acceptors (Lipinski definition) is 5. The first-order valence-corrected chi connectivity index (χ1v) is 7.11. The van der Waals surface area contributed by atoms with Crippen LogP contribution in [0.1, 0.15) is 19.5 Å². The number of rotatable bonds is 6. The highest BCUT2D eigenvalue weighted by molar-refractivity contribution is 7.13. The molecule has 1 aromatic carbocycles. The molecule has 0 aliphatic rings. The number of hydrogen-bond donors (Lipinski definition) is 2. The lowest BCUT2D eigenvalue weighted by molar-refractivity contribution is -0.136. The predicted molar refractivity (Wildman–Crippen MR) is 78.9 cm³/mol. The van der Waals surface area contributed by atoms with Gasteiger partial charge >= 0.3 is 5.97 Å². The van der Waals surface area contributed by atoms with Gasteiger partial charge in [0.2, 0.25) is 0 Å². The van der Waals surface area contributed by atoms with Crippen molar-refractivity contribution in [3.05, 3.63) is 35.3 Å². The molecule has 2 N–H and O–H groups in total. The van der Waals surface area contributed by atoms with Gasteiger partial charge in [-0.25, -0.2) is 4.98 Å². The molecule has 1 aromatic heterocycles. The summed E-state index contributed by atoms with van der Waals surface area (Å²) in [5.41, 5.74) is 1.45. The quantitative estimate of drug-likeness (QED) is 0.854. The number of carboxylic acids is 1.